The number of para-hydroxylation sites is 2. The molecule has 0 bridgehead atoms. The Kier molecular flexibility index (Phi) is 4.35. The molecule has 0 aliphatic carbocycles. The Morgan fingerprint density at radius 3 is 2.48 bits per heavy atom. The van der Waals surface area contributed by atoms with Gasteiger partial charge in [0.15, 0.2) is 11.4 Å². The van der Waals surface area contributed by atoms with Crippen LogP contribution in [0.5, 0.6) is 5.75 Å². The van der Waals surface area contributed by atoms with E-state index in [1.54, 1.807) is 47.4 Å². The van der Waals surface area contributed by atoms with E-state index in [2.05, 4.69) is 0 Å². The van der Waals surface area contributed by atoms with E-state index in [9.17, 15) is 14.7 Å². The van der Waals surface area contributed by atoms with Crippen molar-refractivity contribution in [3.63, 3.8) is 0 Å². The van der Waals surface area contributed by atoms with Crippen molar-refractivity contribution in [2.75, 3.05) is 12.0 Å². The lowest BCUT2D eigenvalue weighted by atomic mass is 9.88. The number of aliphatic hydroxyl groups is 1. The van der Waals surface area contributed by atoms with Crippen molar-refractivity contribution in [3.05, 3.63) is 59.7 Å². The Morgan fingerprint density at radius 2 is 1.80 bits per heavy atom. The lowest BCUT2D eigenvalue weighted by Crippen LogP contribution is -2.44. The number of ether oxygens (including phenoxy) is 1. The summed E-state index contributed by atoms with van der Waals surface area (Å²) in [5, 5.41) is 11.2. The highest BCUT2D eigenvalue weighted by Gasteiger charge is 2.51. The van der Waals surface area contributed by atoms with E-state index in [0.29, 0.717) is 22.6 Å². The Labute approximate surface area is 146 Å². The van der Waals surface area contributed by atoms with Gasteiger partial charge in [-0.1, -0.05) is 30.3 Å². The molecule has 3 rings (SSSR count). The predicted molar refractivity (Wildman–Crippen MR) is 94.9 cm³/mol. The molecular weight excluding hydrogens is 318 g/mol. The van der Waals surface area contributed by atoms with Crippen LogP contribution < -0.4 is 9.64 Å². The molecule has 1 aliphatic rings. The van der Waals surface area contributed by atoms with Gasteiger partial charge in [-0.05, 0) is 32.0 Å². The number of hydrogen-bond acceptors (Lipinski definition) is 4. The minimum Gasteiger partial charge on any atom is -0.496 e. The second-order valence-corrected chi connectivity index (χ2v) is 6.45. The number of ketones is 1. The molecule has 1 amide bonds. The Balaban J connectivity index is 2.02. The lowest BCUT2D eigenvalue weighted by Gasteiger charge is -2.25. The predicted octanol–water partition coefficient (Wildman–Crippen LogP) is 2.91. The molecule has 0 saturated carbocycles. The van der Waals surface area contributed by atoms with Gasteiger partial charge in [0, 0.05) is 11.6 Å². The molecule has 5 heteroatoms. The van der Waals surface area contributed by atoms with E-state index in [1.807, 2.05) is 19.9 Å². The summed E-state index contributed by atoms with van der Waals surface area (Å²) in [6.07, 6.45) is -0.327. The van der Waals surface area contributed by atoms with Crippen LogP contribution in [0, 0.1) is 0 Å². The quantitative estimate of drug-likeness (QED) is 0.851. The number of Topliss-reactive ketones (excluding diaryl/α,β-unsaturated/α-hetero) is 1. The van der Waals surface area contributed by atoms with Crippen molar-refractivity contribution in [2.45, 2.75) is 31.9 Å². The average molecular weight is 339 g/mol. The zero-order valence-electron chi connectivity index (χ0n) is 14.5. The molecule has 0 fully saturated rings. The largest absolute Gasteiger partial charge is 0.496 e. The summed E-state index contributed by atoms with van der Waals surface area (Å²) in [5.41, 5.74) is -0.389. The fourth-order valence-electron chi connectivity index (χ4n) is 3.34. The Bertz CT molecular complexity index is 830. The lowest BCUT2D eigenvalue weighted by molar-refractivity contribution is -0.136. The van der Waals surface area contributed by atoms with Crippen LogP contribution in [0.15, 0.2) is 48.5 Å². The number of nitrogens with zero attached hydrogens (tertiary/aromatic N) is 1. The van der Waals surface area contributed by atoms with E-state index >= 15 is 0 Å². The second-order valence-electron chi connectivity index (χ2n) is 6.45. The number of amides is 1. The van der Waals surface area contributed by atoms with E-state index in [0.717, 1.165) is 0 Å². The molecule has 0 aromatic heterocycles. The molecule has 1 heterocycles. The molecule has 25 heavy (non-hydrogen) atoms. The highest BCUT2D eigenvalue weighted by atomic mass is 16.5. The summed E-state index contributed by atoms with van der Waals surface area (Å²) >= 11 is 0. The van der Waals surface area contributed by atoms with Gasteiger partial charge in [0.1, 0.15) is 5.75 Å². The van der Waals surface area contributed by atoms with Crippen LogP contribution >= 0.6 is 0 Å². The van der Waals surface area contributed by atoms with Crippen LogP contribution in [0.2, 0.25) is 0 Å². The third kappa shape index (κ3) is 2.70. The normalized spacial score (nSPS) is 19.2. The molecule has 5 nitrogen and oxygen atoms in total. The SMILES string of the molecule is COc1ccccc1C(=O)CC1(O)C(=O)N(C(C)C)c2ccccc21. The molecule has 2 aromatic carbocycles. The summed E-state index contributed by atoms with van der Waals surface area (Å²) in [5.74, 6) is -0.379. The first-order valence-electron chi connectivity index (χ1n) is 8.22. The molecular formula is C20H21NO4. The van der Waals surface area contributed by atoms with Crippen molar-refractivity contribution >= 4 is 17.4 Å². The fourth-order valence-corrected chi connectivity index (χ4v) is 3.34. The van der Waals surface area contributed by atoms with Crippen molar-refractivity contribution < 1.29 is 19.4 Å². The summed E-state index contributed by atoms with van der Waals surface area (Å²) < 4.78 is 5.22. The van der Waals surface area contributed by atoms with Crippen molar-refractivity contribution in [2.24, 2.45) is 0 Å². The first kappa shape index (κ1) is 17.2. The fraction of sp³-hybridized carbons (Fsp3) is 0.300. The van der Waals surface area contributed by atoms with E-state index < -0.39 is 11.5 Å². The second kappa shape index (κ2) is 6.33. The number of benzene rings is 2. The van der Waals surface area contributed by atoms with E-state index in [1.165, 1.54) is 7.11 Å². The Hall–Kier alpha value is -2.66. The highest BCUT2D eigenvalue weighted by Crippen LogP contribution is 2.44. The number of carbonyl (C=O) groups excluding carboxylic acids is 2. The van der Waals surface area contributed by atoms with Gasteiger partial charge >= 0.3 is 0 Å². The van der Waals surface area contributed by atoms with Gasteiger partial charge in [-0.15, -0.1) is 0 Å². The smallest absolute Gasteiger partial charge is 0.264 e. The number of methoxy groups -OCH3 is 1. The van der Waals surface area contributed by atoms with Crippen LogP contribution in [0.4, 0.5) is 5.69 Å². The monoisotopic (exact) mass is 339 g/mol. The van der Waals surface area contributed by atoms with Crippen molar-refractivity contribution in [3.8, 4) is 5.75 Å². The average Bonchev–Trinajstić information content (AvgIpc) is 2.83. The number of anilines is 1. The Morgan fingerprint density at radius 1 is 1.16 bits per heavy atom. The minimum atomic E-state index is -1.86. The van der Waals surface area contributed by atoms with E-state index in [-0.39, 0.29) is 18.2 Å². The number of carbonyl (C=O) groups is 2. The molecule has 1 N–H and O–H groups in total. The van der Waals surface area contributed by atoms with Gasteiger partial charge in [-0.2, -0.15) is 0 Å². The first-order valence-corrected chi connectivity index (χ1v) is 8.22. The maximum Gasteiger partial charge on any atom is 0.264 e. The minimum absolute atomic E-state index is 0.121. The van der Waals surface area contributed by atoms with Gasteiger partial charge in [-0.3, -0.25) is 9.59 Å². The number of hydrogen-bond donors (Lipinski definition) is 1. The molecule has 1 unspecified atom stereocenters. The molecule has 1 aliphatic heterocycles. The van der Waals surface area contributed by atoms with Gasteiger partial charge in [0.05, 0.1) is 24.8 Å². The molecule has 0 radical (unpaired) electrons. The maximum atomic E-state index is 12.9. The van der Waals surface area contributed by atoms with Gasteiger partial charge in [-0.25, -0.2) is 0 Å². The highest BCUT2D eigenvalue weighted by molar-refractivity contribution is 6.11. The standard InChI is InChI=1S/C20H21NO4/c1-13(2)21-16-10-6-5-9-15(16)20(24,19(21)23)12-17(22)14-8-4-7-11-18(14)25-3/h4-11,13,24H,12H2,1-3H3. The number of fused-ring (bicyclic) bond motifs is 1. The summed E-state index contributed by atoms with van der Waals surface area (Å²) in [4.78, 5) is 27.3. The zero-order chi connectivity index (χ0) is 18.2. The topological polar surface area (TPSA) is 66.8 Å². The third-order valence-corrected chi connectivity index (χ3v) is 4.52. The first-order chi connectivity index (χ1) is 11.9. The third-order valence-electron chi connectivity index (χ3n) is 4.52. The molecule has 2 aromatic rings. The summed E-state index contributed by atoms with van der Waals surface area (Å²) in [7, 11) is 1.48. The molecule has 0 spiro atoms. The number of rotatable bonds is 5. The maximum absolute atomic E-state index is 12.9. The van der Waals surface area contributed by atoms with Crippen LogP contribution in [-0.2, 0) is 10.4 Å². The van der Waals surface area contributed by atoms with Gasteiger partial charge < -0.3 is 14.7 Å². The van der Waals surface area contributed by atoms with Crippen LogP contribution in [0.1, 0.15) is 36.2 Å². The van der Waals surface area contributed by atoms with Crippen molar-refractivity contribution in [1.82, 2.24) is 0 Å². The summed E-state index contributed by atoms with van der Waals surface area (Å²) in [6, 6.07) is 13.8. The van der Waals surface area contributed by atoms with Gasteiger partial charge in [0.25, 0.3) is 5.91 Å². The zero-order valence-corrected chi connectivity index (χ0v) is 14.5. The van der Waals surface area contributed by atoms with Crippen LogP contribution in [0.3, 0.4) is 0 Å². The van der Waals surface area contributed by atoms with Crippen molar-refractivity contribution in [1.29, 1.82) is 0 Å². The van der Waals surface area contributed by atoms with Crippen LogP contribution in [-0.4, -0.2) is 29.9 Å². The molecule has 130 valence electrons. The molecule has 1 atom stereocenters. The summed E-state index contributed by atoms with van der Waals surface area (Å²) in [6.45, 7) is 3.75. The molecule has 0 saturated heterocycles. The van der Waals surface area contributed by atoms with Crippen LogP contribution in [0.25, 0.3) is 0 Å². The van der Waals surface area contributed by atoms with E-state index in [4.69, 9.17) is 4.74 Å². The van der Waals surface area contributed by atoms with Gasteiger partial charge in [0.2, 0.25) is 0 Å².